The summed E-state index contributed by atoms with van der Waals surface area (Å²) in [6.07, 6.45) is 3.50. The topological polar surface area (TPSA) is 77.2 Å². The van der Waals surface area contributed by atoms with Crippen LogP contribution in [0.25, 0.3) is 22.4 Å². The Labute approximate surface area is 167 Å². The fourth-order valence-electron chi connectivity index (χ4n) is 3.36. The van der Waals surface area contributed by atoms with Crippen molar-refractivity contribution in [3.8, 4) is 17.0 Å². The monoisotopic (exact) mass is 401 g/mol. The number of nitrogens with zero attached hydrogens (tertiary/aromatic N) is 4. The molecule has 1 aliphatic heterocycles. The minimum atomic E-state index is -0.472. The first-order valence-corrected chi connectivity index (χ1v) is 9.46. The third-order valence-corrected chi connectivity index (χ3v) is 5.53. The molecule has 0 spiro atoms. The number of methoxy groups -OCH3 is 1. The molecule has 146 valence electrons. The molecule has 1 saturated heterocycles. The average Bonchev–Trinajstić information content (AvgIpc) is 2.68. The van der Waals surface area contributed by atoms with Gasteiger partial charge in [-0.15, -0.1) is 0 Å². The molecular formula is C20H21ClFN5O. The molecule has 0 aliphatic carbocycles. The van der Waals surface area contributed by atoms with Crippen molar-refractivity contribution in [1.82, 2.24) is 15.0 Å². The van der Waals surface area contributed by atoms with Crippen LogP contribution in [0.5, 0.6) is 5.75 Å². The summed E-state index contributed by atoms with van der Waals surface area (Å²) in [5.74, 6) is 0.710. The third kappa shape index (κ3) is 3.47. The SMILES string of the molecule is COc1ccc(F)c(-c2ccc3nc(N4CCC(C)(N)CC4)cnc3n2)c1Cl. The molecule has 8 heteroatoms. The zero-order valence-electron chi connectivity index (χ0n) is 15.7. The van der Waals surface area contributed by atoms with Gasteiger partial charge in [-0.25, -0.2) is 19.3 Å². The summed E-state index contributed by atoms with van der Waals surface area (Å²) in [7, 11) is 1.48. The van der Waals surface area contributed by atoms with Crippen LogP contribution in [0.2, 0.25) is 5.02 Å². The Morgan fingerprint density at radius 3 is 2.64 bits per heavy atom. The van der Waals surface area contributed by atoms with Crippen LogP contribution in [0.4, 0.5) is 10.2 Å². The van der Waals surface area contributed by atoms with Crippen LogP contribution in [0, 0.1) is 5.82 Å². The van der Waals surface area contributed by atoms with Gasteiger partial charge >= 0.3 is 0 Å². The summed E-state index contributed by atoms with van der Waals surface area (Å²) in [5.41, 5.74) is 7.72. The maximum Gasteiger partial charge on any atom is 0.178 e. The molecule has 1 aromatic carbocycles. The highest BCUT2D eigenvalue weighted by molar-refractivity contribution is 6.34. The predicted octanol–water partition coefficient (Wildman–Crippen LogP) is 3.81. The van der Waals surface area contributed by atoms with Gasteiger partial charge in [0.1, 0.15) is 22.9 Å². The smallest absolute Gasteiger partial charge is 0.178 e. The third-order valence-electron chi connectivity index (χ3n) is 5.15. The Hall–Kier alpha value is -2.51. The van der Waals surface area contributed by atoms with Gasteiger partial charge < -0.3 is 15.4 Å². The van der Waals surface area contributed by atoms with Crippen LogP contribution >= 0.6 is 11.6 Å². The minimum absolute atomic E-state index is 0.128. The van der Waals surface area contributed by atoms with Crippen LogP contribution in [0.15, 0.2) is 30.5 Å². The summed E-state index contributed by atoms with van der Waals surface area (Å²) >= 11 is 6.29. The Morgan fingerprint density at radius 1 is 1.18 bits per heavy atom. The second-order valence-electron chi connectivity index (χ2n) is 7.35. The standard InChI is InChI=1S/C20H21ClFN5O/c1-20(23)7-9-27(10-8-20)16-11-24-19-14(25-16)5-4-13(26-19)17-12(22)3-6-15(28-2)18(17)21/h3-6,11H,7-10,23H2,1-2H3. The van der Waals surface area contributed by atoms with Crippen LogP contribution in [-0.4, -0.2) is 40.7 Å². The number of pyridine rings is 1. The first-order chi connectivity index (χ1) is 13.4. The van der Waals surface area contributed by atoms with E-state index >= 15 is 0 Å². The Bertz CT molecular complexity index is 1030. The van der Waals surface area contributed by atoms with Crippen molar-refractivity contribution in [1.29, 1.82) is 0 Å². The Kier molecular flexibility index (Phi) is 4.81. The summed E-state index contributed by atoms with van der Waals surface area (Å²) in [5, 5.41) is 0.178. The van der Waals surface area contributed by atoms with Crippen molar-refractivity contribution in [2.75, 3.05) is 25.1 Å². The van der Waals surface area contributed by atoms with E-state index in [1.807, 2.05) is 0 Å². The zero-order valence-corrected chi connectivity index (χ0v) is 16.5. The van der Waals surface area contributed by atoms with Gasteiger partial charge in [-0.05, 0) is 44.0 Å². The van der Waals surface area contributed by atoms with Crippen molar-refractivity contribution in [2.45, 2.75) is 25.3 Å². The number of hydrogen-bond donors (Lipinski definition) is 1. The number of hydrogen-bond acceptors (Lipinski definition) is 6. The molecule has 1 fully saturated rings. The molecule has 3 aromatic rings. The lowest BCUT2D eigenvalue weighted by atomic mass is 9.91. The number of piperidine rings is 1. The summed E-state index contributed by atoms with van der Waals surface area (Å²) in [6.45, 7) is 3.75. The minimum Gasteiger partial charge on any atom is -0.495 e. The molecule has 2 N–H and O–H groups in total. The molecule has 0 amide bonds. The van der Waals surface area contributed by atoms with Crippen molar-refractivity contribution < 1.29 is 9.13 Å². The van der Waals surface area contributed by atoms with Gasteiger partial charge in [0.25, 0.3) is 0 Å². The molecule has 2 aromatic heterocycles. The van der Waals surface area contributed by atoms with Crippen molar-refractivity contribution >= 4 is 28.6 Å². The number of ether oxygens (including phenoxy) is 1. The van der Waals surface area contributed by atoms with E-state index in [9.17, 15) is 4.39 Å². The van der Waals surface area contributed by atoms with E-state index in [2.05, 4.69) is 26.8 Å². The van der Waals surface area contributed by atoms with Gasteiger partial charge in [0, 0.05) is 18.6 Å². The second-order valence-corrected chi connectivity index (χ2v) is 7.73. The molecule has 0 saturated carbocycles. The lowest BCUT2D eigenvalue weighted by Crippen LogP contribution is -2.48. The van der Waals surface area contributed by atoms with Crippen molar-refractivity contribution in [2.24, 2.45) is 5.73 Å². The number of nitrogens with two attached hydrogens (primary N) is 1. The largest absolute Gasteiger partial charge is 0.495 e. The molecule has 0 atom stereocenters. The maximum atomic E-state index is 14.4. The van der Waals surface area contributed by atoms with E-state index in [0.717, 1.165) is 31.7 Å². The normalized spacial score (nSPS) is 16.4. The van der Waals surface area contributed by atoms with Crippen molar-refractivity contribution in [3.05, 3.63) is 41.3 Å². The number of aromatic nitrogens is 3. The van der Waals surface area contributed by atoms with E-state index in [-0.39, 0.29) is 16.1 Å². The Balaban J connectivity index is 1.68. The number of anilines is 1. The average molecular weight is 402 g/mol. The highest BCUT2D eigenvalue weighted by Gasteiger charge is 2.26. The van der Waals surface area contributed by atoms with E-state index in [1.54, 1.807) is 18.3 Å². The number of fused-ring (bicyclic) bond motifs is 1. The maximum absolute atomic E-state index is 14.4. The van der Waals surface area contributed by atoms with Gasteiger partial charge in [0.2, 0.25) is 0 Å². The van der Waals surface area contributed by atoms with E-state index in [0.29, 0.717) is 22.6 Å². The van der Waals surface area contributed by atoms with Gasteiger partial charge in [-0.2, -0.15) is 0 Å². The molecule has 4 rings (SSSR count). The quantitative estimate of drug-likeness (QED) is 0.719. The fraction of sp³-hybridized carbons (Fsp3) is 0.350. The molecule has 0 unspecified atom stereocenters. The lowest BCUT2D eigenvalue weighted by Gasteiger charge is -2.37. The van der Waals surface area contributed by atoms with Crippen LogP contribution in [0.1, 0.15) is 19.8 Å². The van der Waals surface area contributed by atoms with Crippen LogP contribution in [0.3, 0.4) is 0 Å². The van der Waals surface area contributed by atoms with E-state index in [4.69, 9.17) is 22.1 Å². The van der Waals surface area contributed by atoms with Gasteiger partial charge in [-0.3, -0.25) is 0 Å². The Morgan fingerprint density at radius 2 is 1.93 bits per heavy atom. The van der Waals surface area contributed by atoms with Crippen molar-refractivity contribution in [3.63, 3.8) is 0 Å². The van der Waals surface area contributed by atoms with E-state index in [1.165, 1.54) is 19.2 Å². The molecule has 0 radical (unpaired) electrons. The number of rotatable bonds is 3. The predicted molar refractivity (Wildman–Crippen MR) is 108 cm³/mol. The molecule has 3 heterocycles. The number of benzene rings is 1. The van der Waals surface area contributed by atoms with Crippen LogP contribution < -0.4 is 15.4 Å². The fourth-order valence-corrected chi connectivity index (χ4v) is 3.69. The van der Waals surface area contributed by atoms with Gasteiger partial charge in [0.15, 0.2) is 5.65 Å². The first-order valence-electron chi connectivity index (χ1n) is 9.08. The highest BCUT2D eigenvalue weighted by atomic mass is 35.5. The van der Waals surface area contributed by atoms with Gasteiger partial charge in [-0.1, -0.05) is 11.6 Å². The van der Waals surface area contributed by atoms with Gasteiger partial charge in [0.05, 0.1) is 29.6 Å². The van der Waals surface area contributed by atoms with E-state index < -0.39 is 5.82 Å². The zero-order chi connectivity index (χ0) is 19.9. The molecular weight excluding hydrogens is 381 g/mol. The molecule has 28 heavy (non-hydrogen) atoms. The summed E-state index contributed by atoms with van der Waals surface area (Å²) < 4.78 is 19.6. The molecule has 1 aliphatic rings. The highest BCUT2D eigenvalue weighted by Crippen LogP contribution is 2.37. The molecule has 0 bridgehead atoms. The summed E-state index contributed by atoms with van der Waals surface area (Å²) in [6, 6.07) is 6.26. The lowest BCUT2D eigenvalue weighted by molar-refractivity contribution is 0.363. The summed E-state index contributed by atoms with van der Waals surface area (Å²) in [4.78, 5) is 15.7. The first kappa shape index (κ1) is 18.8. The number of halogens is 2. The van der Waals surface area contributed by atoms with Crippen LogP contribution in [-0.2, 0) is 0 Å². The molecule has 6 nitrogen and oxygen atoms in total. The second kappa shape index (κ2) is 7.14.